The van der Waals surface area contributed by atoms with E-state index in [0.29, 0.717) is 6.42 Å². The van der Waals surface area contributed by atoms with Gasteiger partial charge in [0.05, 0.1) is 5.69 Å². The maximum Gasteiger partial charge on any atom is 0.446 e. The number of amides is 3. The molecular weight excluding hydrogens is 495 g/mol. The van der Waals surface area contributed by atoms with Crippen LogP contribution in [0.15, 0.2) is 83.3 Å². The standard InChI is InChI=1S/C25H18F3N3O2S2/c26-25(27,28)35-19-7-5-18(6-8-19)31-23(32)21(13-17-15-34-22-4-2-1-3-20(17)22)30(24(31)33)14-16-9-11-29-12-10-16/h1-12,15,21H,13-14H2/t21-/m1/s1. The first-order chi connectivity index (χ1) is 16.8. The molecular formula is C25H18F3N3O2S2. The zero-order valence-corrected chi connectivity index (χ0v) is 19.7. The fourth-order valence-corrected chi connectivity index (χ4v) is 5.65. The zero-order valence-electron chi connectivity index (χ0n) is 18.1. The third kappa shape index (κ3) is 4.89. The van der Waals surface area contributed by atoms with Gasteiger partial charge in [-0.3, -0.25) is 9.78 Å². The van der Waals surface area contributed by atoms with E-state index in [2.05, 4.69) is 4.98 Å². The molecule has 0 radical (unpaired) electrons. The molecule has 0 spiro atoms. The van der Waals surface area contributed by atoms with Crippen LogP contribution in [0.1, 0.15) is 11.1 Å². The summed E-state index contributed by atoms with van der Waals surface area (Å²) in [5, 5.41) is 3.03. The third-order valence-electron chi connectivity index (χ3n) is 5.72. The van der Waals surface area contributed by atoms with Gasteiger partial charge in [0.1, 0.15) is 6.04 Å². The molecule has 4 aromatic rings. The third-order valence-corrected chi connectivity index (χ3v) is 7.48. The largest absolute Gasteiger partial charge is 0.446 e. The molecule has 0 aliphatic carbocycles. The summed E-state index contributed by atoms with van der Waals surface area (Å²) < 4.78 is 39.2. The predicted octanol–water partition coefficient (Wildman–Crippen LogP) is 6.49. The molecule has 5 rings (SSSR count). The van der Waals surface area contributed by atoms with Crippen molar-refractivity contribution < 1.29 is 22.8 Å². The summed E-state index contributed by atoms with van der Waals surface area (Å²) in [6.07, 6.45) is 3.57. The van der Waals surface area contributed by atoms with Crippen LogP contribution in [0.5, 0.6) is 0 Å². The molecule has 5 nitrogen and oxygen atoms in total. The number of rotatable bonds is 6. The number of fused-ring (bicyclic) bond motifs is 1. The van der Waals surface area contributed by atoms with Crippen molar-refractivity contribution in [3.63, 3.8) is 0 Å². The van der Waals surface area contributed by atoms with E-state index in [1.807, 2.05) is 29.6 Å². The molecule has 1 aliphatic rings. The van der Waals surface area contributed by atoms with Crippen LogP contribution in [0.3, 0.4) is 0 Å². The van der Waals surface area contributed by atoms with Crippen LogP contribution in [0.25, 0.3) is 10.1 Å². The van der Waals surface area contributed by atoms with Crippen molar-refractivity contribution in [2.45, 2.75) is 29.4 Å². The Hall–Kier alpha value is -3.37. The van der Waals surface area contributed by atoms with Gasteiger partial charge in [0.2, 0.25) is 0 Å². The quantitative estimate of drug-likeness (QED) is 0.219. The first-order valence-corrected chi connectivity index (χ1v) is 12.3. The molecule has 3 amide bonds. The van der Waals surface area contributed by atoms with Crippen molar-refractivity contribution in [2.24, 2.45) is 0 Å². The Morgan fingerprint density at radius 1 is 0.971 bits per heavy atom. The van der Waals surface area contributed by atoms with Crippen molar-refractivity contribution in [1.82, 2.24) is 9.88 Å². The molecule has 0 saturated carbocycles. The maximum absolute atomic E-state index is 13.6. The number of alkyl halides is 3. The second-order valence-corrected chi connectivity index (χ2v) is 10.0. The Morgan fingerprint density at radius 2 is 1.69 bits per heavy atom. The molecule has 0 unspecified atom stereocenters. The number of hydrogen-bond donors (Lipinski definition) is 0. The van der Waals surface area contributed by atoms with Gasteiger partial charge in [0.15, 0.2) is 0 Å². The minimum Gasteiger partial charge on any atom is -0.307 e. The van der Waals surface area contributed by atoms with Crippen LogP contribution in [0.4, 0.5) is 23.7 Å². The van der Waals surface area contributed by atoms with Crippen molar-refractivity contribution in [1.29, 1.82) is 0 Å². The Morgan fingerprint density at radius 3 is 2.40 bits per heavy atom. The number of hydrogen-bond acceptors (Lipinski definition) is 5. The number of urea groups is 1. The van der Waals surface area contributed by atoms with Gasteiger partial charge in [-0.15, -0.1) is 11.3 Å². The summed E-state index contributed by atoms with van der Waals surface area (Å²) in [4.78, 5) is 33.6. The smallest absolute Gasteiger partial charge is 0.307 e. The van der Waals surface area contributed by atoms with Crippen molar-refractivity contribution in [3.8, 4) is 0 Å². The van der Waals surface area contributed by atoms with Gasteiger partial charge in [-0.2, -0.15) is 13.2 Å². The summed E-state index contributed by atoms with van der Waals surface area (Å²) in [5.74, 6) is -0.407. The van der Waals surface area contributed by atoms with Crippen LogP contribution in [0, 0.1) is 0 Å². The number of nitrogens with zero attached hydrogens (tertiary/aromatic N) is 3. The summed E-state index contributed by atoms with van der Waals surface area (Å²) in [6.45, 7) is 0.207. The molecule has 3 heterocycles. The lowest BCUT2D eigenvalue weighted by Crippen LogP contribution is -2.36. The van der Waals surface area contributed by atoms with Gasteiger partial charge in [-0.25, -0.2) is 9.69 Å². The van der Waals surface area contributed by atoms with Crippen LogP contribution < -0.4 is 4.90 Å². The van der Waals surface area contributed by atoms with Gasteiger partial charge in [0.25, 0.3) is 5.91 Å². The van der Waals surface area contributed by atoms with Gasteiger partial charge in [-0.05, 0) is 76.1 Å². The summed E-state index contributed by atoms with van der Waals surface area (Å²) in [6, 6.07) is 15.5. The molecule has 1 aliphatic heterocycles. The fourth-order valence-electron chi connectivity index (χ4n) is 4.13. The van der Waals surface area contributed by atoms with Gasteiger partial charge in [-0.1, -0.05) is 18.2 Å². The average Bonchev–Trinajstić information content (AvgIpc) is 3.34. The minimum absolute atomic E-state index is 0.0183. The molecule has 0 N–H and O–H groups in total. The molecule has 1 atom stereocenters. The Kier molecular flexibility index (Phi) is 6.24. The highest BCUT2D eigenvalue weighted by Crippen LogP contribution is 2.38. The Balaban J connectivity index is 1.47. The lowest BCUT2D eigenvalue weighted by atomic mass is 10.0. The molecule has 178 valence electrons. The van der Waals surface area contributed by atoms with Crippen LogP contribution in [-0.4, -0.2) is 33.4 Å². The monoisotopic (exact) mass is 513 g/mol. The molecule has 1 fully saturated rings. The second kappa shape index (κ2) is 9.35. The highest BCUT2D eigenvalue weighted by atomic mass is 32.2. The summed E-state index contributed by atoms with van der Waals surface area (Å²) >= 11 is 1.33. The number of carbonyl (C=O) groups excluding carboxylic acids is 2. The number of carbonyl (C=O) groups is 2. The number of aromatic nitrogens is 1. The number of halogens is 3. The molecule has 0 bridgehead atoms. The molecule has 35 heavy (non-hydrogen) atoms. The second-order valence-electron chi connectivity index (χ2n) is 7.96. The predicted molar refractivity (Wildman–Crippen MR) is 130 cm³/mol. The number of thioether (sulfide) groups is 1. The number of imide groups is 1. The Bertz CT molecular complexity index is 1370. The van der Waals surface area contributed by atoms with E-state index in [0.717, 1.165) is 26.1 Å². The van der Waals surface area contributed by atoms with Crippen molar-refractivity contribution in [3.05, 3.63) is 89.6 Å². The van der Waals surface area contributed by atoms with Crippen molar-refractivity contribution in [2.75, 3.05) is 4.90 Å². The zero-order chi connectivity index (χ0) is 24.6. The van der Waals surface area contributed by atoms with Gasteiger partial charge >= 0.3 is 11.5 Å². The lowest BCUT2D eigenvalue weighted by molar-refractivity contribution is -0.119. The van der Waals surface area contributed by atoms with Crippen LogP contribution in [-0.2, 0) is 17.8 Å². The topological polar surface area (TPSA) is 53.5 Å². The Labute approximate surface area is 207 Å². The first kappa shape index (κ1) is 23.4. The summed E-state index contributed by atoms with van der Waals surface area (Å²) in [5.41, 5.74) is -2.39. The molecule has 2 aromatic carbocycles. The molecule has 2 aromatic heterocycles. The average molecular weight is 514 g/mol. The number of benzene rings is 2. The fraction of sp³-hybridized carbons (Fsp3) is 0.160. The van der Waals surface area contributed by atoms with E-state index >= 15 is 0 Å². The highest BCUT2D eigenvalue weighted by molar-refractivity contribution is 8.00. The van der Waals surface area contributed by atoms with E-state index in [9.17, 15) is 22.8 Å². The molecule has 1 saturated heterocycles. The number of thiophene rings is 1. The first-order valence-electron chi connectivity index (χ1n) is 10.6. The van der Waals surface area contributed by atoms with E-state index < -0.39 is 23.5 Å². The SMILES string of the molecule is O=C1[C@@H](Cc2csc3ccccc23)N(Cc2ccncc2)C(=O)N1c1ccc(SC(F)(F)F)cc1. The molecule has 10 heteroatoms. The van der Waals surface area contributed by atoms with E-state index in [1.165, 1.54) is 29.2 Å². The van der Waals surface area contributed by atoms with E-state index in [4.69, 9.17) is 0 Å². The van der Waals surface area contributed by atoms with Gasteiger partial charge < -0.3 is 4.90 Å². The van der Waals surface area contributed by atoms with Crippen LogP contribution in [0.2, 0.25) is 0 Å². The van der Waals surface area contributed by atoms with Gasteiger partial charge in [0, 0.05) is 35.0 Å². The highest BCUT2D eigenvalue weighted by Gasteiger charge is 2.46. The van der Waals surface area contributed by atoms with E-state index in [1.54, 1.807) is 35.9 Å². The summed E-state index contributed by atoms with van der Waals surface area (Å²) in [7, 11) is 0. The maximum atomic E-state index is 13.6. The van der Waals surface area contributed by atoms with E-state index in [-0.39, 0.29) is 28.9 Å². The number of anilines is 1. The lowest BCUT2D eigenvalue weighted by Gasteiger charge is -2.22. The normalized spacial score (nSPS) is 16.5. The van der Waals surface area contributed by atoms with Crippen molar-refractivity contribution >= 4 is 50.8 Å². The minimum atomic E-state index is -4.42. The van der Waals surface area contributed by atoms with Crippen LogP contribution >= 0.6 is 23.1 Å². The number of pyridine rings is 1.